The molecule has 1 aliphatic heterocycles. The van der Waals surface area contributed by atoms with Crippen molar-refractivity contribution in [3.8, 4) is 0 Å². The van der Waals surface area contributed by atoms with Gasteiger partial charge in [0.2, 0.25) is 0 Å². The van der Waals surface area contributed by atoms with Crippen molar-refractivity contribution in [3.63, 3.8) is 0 Å². The van der Waals surface area contributed by atoms with Crippen molar-refractivity contribution in [2.45, 2.75) is 25.2 Å². The summed E-state index contributed by atoms with van der Waals surface area (Å²) in [7, 11) is 3.31. The lowest BCUT2D eigenvalue weighted by Gasteiger charge is -2.16. The Hall–Kier alpha value is -0.160. The molecular weight excluding hydrogens is 168 g/mol. The molecule has 0 spiro atoms. The first kappa shape index (κ1) is 10.9. The van der Waals surface area contributed by atoms with Gasteiger partial charge in [0, 0.05) is 33.4 Å². The van der Waals surface area contributed by atoms with Gasteiger partial charge >= 0.3 is 0 Å². The van der Waals surface area contributed by atoms with Gasteiger partial charge in [0.05, 0.1) is 0 Å². The quantitative estimate of drug-likeness (QED) is 0.573. The number of hydrogen-bond donors (Lipinski definition) is 2. The van der Waals surface area contributed by atoms with Crippen LogP contribution in [-0.2, 0) is 9.47 Å². The zero-order valence-corrected chi connectivity index (χ0v) is 8.51. The molecule has 1 rings (SSSR count). The third-order valence-corrected chi connectivity index (χ3v) is 2.39. The molecule has 2 N–H and O–H groups in total. The number of hydrogen-bond acceptors (Lipinski definition) is 4. The van der Waals surface area contributed by atoms with Crippen molar-refractivity contribution in [1.29, 1.82) is 0 Å². The fourth-order valence-electron chi connectivity index (χ4n) is 1.57. The van der Waals surface area contributed by atoms with E-state index in [4.69, 9.17) is 9.47 Å². The zero-order chi connectivity index (χ0) is 9.52. The molecule has 1 aliphatic rings. The van der Waals surface area contributed by atoms with Gasteiger partial charge in [0.15, 0.2) is 6.29 Å². The molecule has 1 saturated heterocycles. The number of nitrogens with one attached hydrogen (secondary N) is 2. The molecular formula is C9H20N2O2. The van der Waals surface area contributed by atoms with E-state index in [1.54, 1.807) is 14.2 Å². The summed E-state index contributed by atoms with van der Waals surface area (Å²) in [4.78, 5) is 0. The van der Waals surface area contributed by atoms with Crippen molar-refractivity contribution in [1.82, 2.24) is 10.6 Å². The summed E-state index contributed by atoms with van der Waals surface area (Å²) >= 11 is 0. The van der Waals surface area contributed by atoms with Gasteiger partial charge in [0.25, 0.3) is 0 Å². The average Bonchev–Trinajstić information content (AvgIpc) is 2.65. The van der Waals surface area contributed by atoms with Gasteiger partial charge < -0.3 is 20.1 Å². The molecule has 0 aliphatic carbocycles. The van der Waals surface area contributed by atoms with E-state index in [1.807, 2.05) is 0 Å². The van der Waals surface area contributed by atoms with Crippen LogP contribution in [0, 0.1) is 0 Å². The normalized spacial score (nSPS) is 22.8. The second-order valence-corrected chi connectivity index (χ2v) is 3.35. The van der Waals surface area contributed by atoms with E-state index in [2.05, 4.69) is 10.6 Å². The van der Waals surface area contributed by atoms with Crippen LogP contribution in [0.25, 0.3) is 0 Å². The Bertz CT molecular complexity index is 121. The monoisotopic (exact) mass is 188 g/mol. The highest BCUT2D eigenvalue weighted by atomic mass is 16.7. The van der Waals surface area contributed by atoms with E-state index in [-0.39, 0.29) is 6.29 Å². The highest BCUT2D eigenvalue weighted by Crippen LogP contribution is 2.02. The summed E-state index contributed by atoms with van der Waals surface area (Å²) in [6, 6.07) is 0.634. The lowest BCUT2D eigenvalue weighted by molar-refractivity contribution is -0.0987. The molecule has 13 heavy (non-hydrogen) atoms. The minimum atomic E-state index is -0.124. The highest BCUT2D eigenvalue weighted by molar-refractivity contribution is 4.76. The molecule has 0 aromatic heterocycles. The van der Waals surface area contributed by atoms with E-state index >= 15 is 0 Å². The Balaban J connectivity index is 1.98. The topological polar surface area (TPSA) is 42.5 Å². The predicted octanol–water partition coefficient (Wildman–Crippen LogP) is -0.0531. The van der Waals surface area contributed by atoms with Crippen molar-refractivity contribution < 1.29 is 9.47 Å². The van der Waals surface area contributed by atoms with Crippen molar-refractivity contribution in [2.24, 2.45) is 0 Å². The van der Waals surface area contributed by atoms with E-state index in [0.29, 0.717) is 6.04 Å². The Morgan fingerprint density at radius 2 is 2.23 bits per heavy atom. The largest absolute Gasteiger partial charge is 0.355 e. The van der Waals surface area contributed by atoms with E-state index in [1.165, 1.54) is 12.8 Å². The lowest BCUT2D eigenvalue weighted by Crippen LogP contribution is -2.38. The van der Waals surface area contributed by atoms with Crippen molar-refractivity contribution >= 4 is 0 Å². The van der Waals surface area contributed by atoms with Gasteiger partial charge in [-0.15, -0.1) is 0 Å². The van der Waals surface area contributed by atoms with Gasteiger partial charge in [-0.3, -0.25) is 0 Å². The van der Waals surface area contributed by atoms with Crippen LogP contribution in [0.15, 0.2) is 0 Å². The summed E-state index contributed by atoms with van der Waals surface area (Å²) < 4.78 is 10.1. The van der Waals surface area contributed by atoms with Crippen LogP contribution in [0.2, 0.25) is 0 Å². The van der Waals surface area contributed by atoms with Crippen LogP contribution >= 0.6 is 0 Å². The van der Waals surface area contributed by atoms with Gasteiger partial charge in [-0.05, 0) is 19.4 Å². The lowest BCUT2D eigenvalue weighted by atomic mass is 10.2. The minimum absolute atomic E-state index is 0.124. The fourth-order valence-corrected chi connectivity index (χ4v) is 1.57. The third-order valence-electron chi connectivity index (χ3n) is 2.39. The van der Waals surface area contributed by atoms with Crippen molar-refractivity contribution in [3.05, 3.63) is 0 Å². The summed E-state index contributed by atoms with van der Waals surface area (Å²) in [6.45, 7) is 2.92. The number of rotatable bonds is 6. The Morgan fingerprint density at radius 1 is 1.46 bits per heavy atom. The third kappa shape index (κ3) is 4.04. The zero-order valence-electron chi connectivity index (χ0n) is 8.51. The summed E-state index contributed by atoms with van der Waals surface area (Å²) in [5.74, 6) is 0. The summed E-state index contributed by atoms with van der Waals surface area (Å²) in [5, 5.41) is 6.74. The molecule has 0 bridgehead atoms. The van der Waals surface area contributed by atoms with Crippen molar-refractivity contribution in [2.75, 3.05) is 33.9 Å². The van der Waals surface area contributed by atoms with Gasteiger partial charge in [-0.2, -0.15) is 0 Å². The second kappa shape index (κ2) is 6.32. The average molecular weight is 188 g/mol. The van der Waals surface area contributed by atoms with Gasteiger partial charge in [-0.25, -0.2) is 0 Å². The van der Waals surface area contributed by atoms with Crippen LogP contribution in [0.4, 0.5) is 0 Å². The summed E-state index contributed by atoms with van der Waals surface area (Å²) in [6.07, 6.45) is 2.45. The summed E-state index contributed by atoms with van der Waals surface area (Å²) in [5.41, 5.74) is 0. The SMILES string of the molecule is COC(CNCC1CCCN1)OC. The molecule has 0 aromatic rings. The first-order valence-electron chi connectivity index (χ1n) is 4.86. The second-order valence-electron chi connectivity index (χ2n) is 3.35. The maximum absolute atomic E-state index is 5.06. The molecule has 78 valence electrons. The Labute approximate surface area is 80.0 Å². The smallest absolute Gasteiger partial charge is 0.169 e. The molecule has 0 aromatic carbocycles. The number of methoxy groups -OCH3 is 2. The molecule has 0 radical (unpaired) electrons. The molecule has 0 amide bonds. The van der Waals surface area contributed by atoms with Crippen LogP contribution < -0.4 is 10.6 Å². The Kier molecular flexibility index (Phi) is 5.31. The molecule has 1 atom stereocenters. The van der Waals surface area contributed by atoms with Crippen LogP contribution in [0.3, 0.4) is 0 Å². The molecule has 1 fully saturated rings. The molecule has 0 saturated carbocycles. The minimum Gasteiger partial charge on any atom is -0.355 e. The Morgan fingerprint density at radius 3 is 2.77 bits per heavy atom. The van der Waals surface area contributed by atoms with Crippen LogP contribution in [-0.4, -0.2) is 46.2 Å². The van der Waals surface area contributed by atoms with E-state index < -0.39 is 0 Å². The highest BCUT2D eigenvalue weighted by Gasteiger charge is 2.13. The van der Waals surface area contributed by atoms with Gasteiger partial charge in [-0.1, -0.05) is 0 Å². The maximum Gasteiger partial charge on any atom is 0.169 e. The van der Waals surface area contributed by atoms with E-state index in [0.717, 1.165) is 19.6 Å². The molecule has 4 nitrogen and oxygen atoms in total. The first-order valence-corrected chi connectivity index (χ1v) is 4.86. The number of ether oxygens (including phenoxy) is 2. The molecule has 4 heteroatoms. The maximum atomic E-state index is 5.06. The predicted molar refractivity (Wildman–Crippen MR) is 51.7 cm³/mol. The van der Waals surface area contributed by atoms with Crippen LogP contribution in [0.5, 0.6) is 0 Å². The van der Waals surface area contributed by atoms with E-state index in [9.17, 15) is 0 Å². The standard InChI is InChI=1S/C9H20N2O2/c1-12-9(13-2)7-10-6-8-4-3-5-11-8/h8-11H,3-7H2,1-2H3. The fraction of sp³-hybridized carbons (Fsp3) is 1.00. The van der Waals surface area contributed by atoms with Crippen LogP contribution in [0.1, 0.15) is 12.8 Å². The molecule has 1 unspecified atom stereocenters. The van der Waals surface area contributed by atoms with Gasteiger partial charge in [0.1, 0.15) is 0 Å². The molecule has 1 heterocycles. The first-order chi connectivity index (χ1) is 6.36.